The second-order valence-electron chi connectivity index (χ2n) is 6.27. The molecule has 0 spiro atoms. The third-order valence-corrected chi connectivity index (χ3v) is 4.71. The fourth-order valence-electron chi connectivity index (χ4n) is 3.37. The van der Waals surface area contributed by atoms with Crippen LogP contribution in [-0.4, -0.2) is 35.9 Å². The maximum absolute atomic E-state index is 4.80. The van der Waals surface area contributed by atoms with E-state index < -0.39 is 0 Å². The summed E-state index contributed by atoms with van der Waals surface area (Å²) in [4.78, 5) is 6.77. The van der Waals surface area contributed by atoms with Crippen molar-refractivity contribution < 1.29 is 0 Å². The maximum atomic E-state index is 4.80. The normalized spacial score (nSPS) is 14.0. The van der Waals surface area contributed by atoms with Crippen LogP contribution in [0.25, 0.3) is 17.0 Å². The number of imidazole rings is 1. The molecule has 0 unspecified atom stereocenters. The van der Waals surface area contributed by atoms with Crippen molar-refractivity contribution in [3.63, 3.8) is 0 Å². The lowest BCUT2D eigenvalue weighted by Crippen LogP contribution is -2.32. The van der Waals surface area contributed by atoms with Gasteiger partial charge in [0.15, 0.2) is 11.5 Å². The van der Waals surface area contributed by atoms with E-state index in [1.165, 1.54) is 5.69 Å². The predicted octanol–water partition coefficient (Wildman–Crippen LogP) is 2.09. The van der Waals surface area contributed by atoms with Gasteiger partial charge in [-0.3, -0.25) is 0 Å². The molecule has 0 fully saturated rings. The van der Waals surface area contributed by atoms with Crippen molar-refractivity contribution in [3.05, 3.63) is 60.2 Å². The summed E-state index contributed by atoms with van der Waals surface area (Å²) >= 11 is 0. The Balaban J connectivity index is 1.55. The standard InChI is InChI=1S/C18H17N7/c1-23-12-19-14-11-24(10-9-15(14)23)17-8-7-16-20-21-18(25(16)22-17)13-5-3-2-4-6-13/h2-8,12H,9-11H2,1H3. The van der Waals surface area contributed by atoms with E-state index in [4.69, 9.17) is 5.10 Å². The molecule has 3 aromatic heterocycles. The van der Waals surface area contributed by atoms with E-state index in [1.807, 2.05) is 53.3 Å². The number of aromatic nitrogens is 6. The van der Waals surface area contributed by atoms with Gasteiger partial charge >= 0.3 is 0 Å². The smallest absolute Gasteiger partial charge is 0.185 e. The minimum absolute atomic E-state index is 0.748. The van der Waals surface area contributed by atoms with Crippen molar-refractivity contribution in [1.82, 2.24) is 29.4 Å². The molecule has 124 valence electrons. The highest BCUT2D eigenvalue weighted by Crippen LogP contribution is 2.23. The molecule has 25 heavy (non-hydrogen) atoms. The number of rotatable bonds is 2. The number of nitrogens with zero attached hydrogens (tertiary/aromatic N) is 7. The Bertz CT molecular complexity index is 1050. The molecule has 0 saturated carbocycles. The summed E-state index contributed by atoms with van der Waals surface area (Å²) in [6.07, 6.45) is 2.86. The van der Waals surface area contributed by atoms with Crippen molar-refractivity contribution in [1.29, 1.82) is 0 Å². The van der Waals surface area contributed by atoms with Crippen LogP contribution in [0.1, 0.15) is 11.4 Å². The van der Waals surface area contributed by atoms with Crippen molar-refractivity contribution in [3.8, 4) is 11.4 Å². The summed E-state index contributed by atoms with van der Waals surface area (Å²) in [6.45, 7) is 1.70. The lowest BCUT2D eigenvalue weighted by molar-refractivity contribution is 0.669. The number of hydrogen-bond acceptors (Lipinski definition) is 5. The average molecular weight is 331 g/mol. The van der Waals surface area contributed by atoms with Gasteiger partial charge in [0.2, 0.25) is 0 Å². The van der Waals surface area contributed by atoms with Crippen molar-refractivity contribution in [2.24, 2.45) is 7.05 Å². The second kappa shape index (κ2) is 5.41. The van der Waals surface area contributed by atoms with E-state index in [1.54, 1.807) is 0 Å². The molecule has 4 aromatic rings. The van der Waals surface area contributed by atoms with Crippen LogP contribution < -0.4 is 4.90 Å². The third kappa shape index (κ3) is 2.27. The lowest BCUT2D eigenvalue weighted by Gasteiger charge is -2.27. The zero-order valence-corrected chi connectivity index (χ0v) is 13.9. The maximum Gasteiger partial charge on any atom is 0.185 e. The summed E-state index contributed by atoms with van der Waals surface area (Å²) in [6, 6.07) is 14.0. The van der Waals surface area contributed by atoms with E-state index in [0.717, 1.165) is 48.1 Å². The van der Waals surface area contributed by atoms with E-state index in [2.05, 4.69) is 31.7 Å². The molecule has 0 atom stereocenters. The topological polar surface area (TPSA) is 64.1 Å². The quantitative estimate of drug-likeness (QED) is 0.563. The summed E-state index contributed by atoms with van der Waals surface area (Å²) in [5.41, 5.74) is 4.19. The minimum Gasteiger partial charge on any atom is -0.349 e. The molecule has 5 rings (SSSR count). The van der Waals surface area contributed by atoms with Crippen LogP contribution in [0, 0.1) is 0 Å². The molecule has 7 heteroatoms. The number of aryl methyl sites for hydroxylation is 1. The van der Waals surface area contributed by atoms with Gasteiger partial charge in [-0.05, 0) is 12.1 Å². The summed E-state index contributed by atoms with van der Waals surface area (Å²) < 4.78 is 3.93. The molecule has 1 aliphatic heterocycles. The first kappa shape index (κ1) is 14.2. The number of hydrogen-bond donors (Lipinski definition) is 0. The SMILES string of the molecule is Cn1cnc2c1CCN(c1ccc3nnc(-c4ccccc4)n3n1)C2. The first-order valence-corrected chi connectivity index (χ1v) is 8.31. The zero-order chi connectivity index (χ0) is 16.8. The highest BCUT2D eigenvalue weighted by Gasteiger charge is 2.21. The monoisotopic (exact) mass is 331 g/mol. The van der Waals surface area contributed by atoms with Gasteiger partial charge in [-0.15, -0.1) is 15.3 Å². The first-order valence-electron chi connectivity index (χ1n) is 8.31. The molecule has 4 heterocycles. The minimum atomic E-state index is 0.748. The molecule has 0 aliphatic carbocycles. The van der Waals surface area contributed by atoms with Crippen LogP contribution in [-0.2, 0) is 20.0 Å². The molecule has 0 bridgehead atoms. The Morgan fingerprint density at radius 2 is 1.88 bits per heavy atom. The van der Waals surface area contributed by atoms with Crippen LogP contribution in [0.15, 0.2) is 48.8 Å². The Morgan fingerprint density at radius 3 is 2.76 bits per heavy atom. The highest BCUT2D eigenvalue weighted by molar-refractivity contribution is 5.59. The molecule has 0 amide bonds. The predicted molar refractivity (Wildman–Crippen MR) is 94.2 cm³/mol. The zero-order valence-electron chi connectivity index (χ0n) is 13.9. The largest absolute Gasteiger partial charge is 0.349 e. The fourth-order valence-corrected chi connectivity index (χ4v) is 3.37. The van der Waals surface area contributed by atoms with Crippen molar-refractivity contribution in [2.45, 2.75) is 13.0 Å². The van der Waals surface area contributed by atoms with Gasteiger partial charge in [0.05, 0.1) is 18.6 Å². The van der Waals surface area contributed by atoms with Crippen LogP contribution in [0.5, 0.6) is 0 Å². The average Bonchev–Trinajstić information content (AvgIpc) is 3.25. The van der Waals surface area contributed by atoms with Gasteiger partial charge in [0.25, 0.3) is 0 Å². The van der Waals surface area contributed by atoms with Crippen molar-refractivity contribution in [2.75, 3.05) is 11.4 Å². The van der Waals surface area contributed by atoms with E-state index in [0.29, 0.717) is 0 Å². The van der Waals surface area contributed by atoms with Crippen LogP contribution >= 0.6 is 0 Å². The summed E-state index contributed by atoms with van der Waals surface area (Å²) in [7, 11) is 2.05. The van der Waals surface area contributed by atoms with Gasteiger partial charge in [-0.25, -0.2) is 4.98 Å². The molecule has 1 aromatic carbocycles. The number of benzene rings is 1. The number of anilines is 1. The summed E-state index contributed by atoms with van der Waals surface area (Å²) in [5, 5.41) is 13.3. The van der Waals surface area contributed by atoms with Crippen molar-refractivity contribution >= 4 is 11.5 Å². The third-order valence-electron chi connectivity index (χ3n) is 4.71. The van der Waals surface area contributed by atoms with Gasteiger partial charge < -0.3 is 9.47 Å². The molecule has 0 saturated heterocycles. The second-order valence-corrected chi connectivity index (χ2v) is 6.27. The van der Waals surface area contributed by atoms with Crippen LogP contribution in [0.2, 0.25) is 0 Å². The van der Waals surface area contributed by atoms with E-state index in [9.17, 15) is 0 Å². The molecular formula is C18H17N7. The Hall–Kier alpha value is -3.22. The molecular weight excluding hydrogens is 314 g/mol. The van der Waals surface area contributed by atoms with Gasteiger partial charge in [-0.1, -0.05) is 30.3 Å². The van der Waals surface area contributed by atoms with Gasteiger partial charge in [0, 0.05) is 31.3 Å². The van der Waals surface area contributed by atoms with Gasteiger partial charge in [-0.2, -0.15) is 4.52 Å². The molecule has 7 nitrogen and oxygen atoms in total. The van der Waals surface area contributed by atoms with E-state index >= 15 is 0 Å². The molecule has 1 aliphatic rings. The lowest BCUT2D eigenvalue weighted by atomic mass is 10.1. The van der Waals surface area contributed by atoms with Crippen LogP contribution in [0.3, 0.4) is 0 Å². The Labute approximate surface area is 144 Å². The Kier molecular flexibility index (Phi) is 3.06. The Morgan fingerprint density at radius 1 is 1.00 bits per heavy atom. The van der Waals surface area contributed by atoms with E-state index in [-0.39, 0.29) is 0 Å². The fraction of sp³-hybridized carbons (Fsp3) is 0.222. The molecule has 0 N–H and O–H groups in total. The first-order chi connectivity index (χ1) is 12.3. The molecule has 0 radical (unpaired) electrons. The van der Waals surface area contributed by atoms with Crippen LogP contribution in [0.4, 0.5) is 5.82 Å². The highest BCUT2D eigenvalue weighted by atomic mass is 15.4. The summed E-state index contributed by atoms with van der Waals surface area (Å²) in [5.74, 6) is 1.67. The number of fused-ring (bicyclic) bond motifs is 2. The van der Waals surface area contributed by atoms with Gasteiger partial charge in [0.1, 0.15) is 5.82 Å².